The lowest BCUT2D eigenvalue weighted by Crippen LogP contribution is -2.30. The van der Waals surface area contributed by atoms with Gasteiger partial charge in [0.25, 0.3) is 0 Å². The van der Waals surface area contributed by atoms with Crippen LogP contribution in [-0.2, 0) is 14.3 Å². The summed E-state index contributed by atoms with van der Waals surface area (Å²) in [5.41, 5.74) is 2.03. The summed E-state index contributed by atoms with van der Waals surface area (Å²) in [6.07, 6.45) is 3.63. The van der Waals surface area contributed by atoms with Crippen LogP contribution in [0.3, 0.4) is 0 Å². The number of ketones is 1. The van der Waals surface area contributed by atoms with Gasteiger partial charge in [0.15, 0.2) is 6.61 Å². The summed E-state index contributed by atoms with van der Waals surface area (Å²) < 4.78 is 10.3. The van der Waals surface area contributed by atoms with Crippen molar-refractivity contribution in [2.45, 2.75) is 67.2 Å². The Kier molecular flexibility index (Phi) is 7.07. The number of hydrogen-bond acceptors (Lipinski definition) is 5. The summed E-state index contributed by atoms with van der Waals surface area (Å²) in [5, 5.41) is 0. The molecule has 6 heteroatoms. The summed E-state index contributed by atoms with van der Waals surface area (Å²) in [7, 11) is 0. The molecule has 1 aliphatic carbocycles. The van der Waals surface area contributed by atoms with Gasteiger partial charge in [-0.25, -0.2) is 4.79 Å². The van der Waals surface area contributed by atoms with Crippen molar-refractivity contribution in [2.24, 2.45) is 17.3 Å². The maximum absolute atomic E-state index is 12.5. The van der Waals surface area contributed by atoms with Crippen LogP contribution >= 0.6 is 0 Å². The predicted octanol–water partition coefficient (Wildman–Crippen LogP) is 4.39. The van der Waals surface area contributed by atoms with Crippen molar-refractivity contribution in [3.8, 4) is 0 Å². The van der Waals surface area contributed by atoms with Crippen LogP contribution in [0.2, 0.25) is 0 Å². The monoisotopic (exact) mass is 391 g/mol. The number of hydrogen-bond donors (Lipinski definition) is 1. The van der Waals surface area contributed by atoms with Crippen LogP contribution in [0.1, 0.15) is 85.5 Å². The molecule has 1 aromatic rings. The third-order valence-electron chi connectivity index (χ3n) is 5.83. The van der Waals surface area contributed by atoms with Gasteiger partial charge in [0.2, 0.25) is 5.78 Å². The van der Waals surface area contributed by atoms with E-state index in [1.165, 1.54) is 0 Å². The number of aromatic amines is 1. The van der Waals surface area contributed by atoms with E-state index in [2.05, 4.69) is 25.8 Å². The van der Waals surface area contributed by atoms with Crippen LogP contribution in [0.5, 0.6) is 0 Å². The van der Waals surface area contributed by atoms with Gasteiger partial charge in [-0.2, -0.15) is 0 Å². The Hall–Kier alpha value is -2.11. The lowest BCUT2D eigenvalue weighted by atomic mass is 9.70. The summed E-state index contributed by atoms with van der Waals surface area (Å²) >= 11 is 0. The number of ether oxygens (including phenoxy) is 2. The minimum absolute atomic E-state index is 0.132. The molecule has 2 rings (SSSR count). The zero-order chi connectivity index (χ0) is 21.1. The van der Waals surface area contributed by atoms with Gasteiger partial charge in [0.05, 0.1) is 23.8 Å². The second-order valence-corrected chi connectivity index (χ2v) is 8.79. The standard InChI is InChI=1S/C22H33NO5/c1-7-27-21(26)18-13(2)19(23-14(18)3)17(24)12-28-20(25)15-8-10-16(11-9-15)22(4,5)6/h15-16,23H,7-12H2,1-6H3. The molecule has 6 nitrogen and oxygen atoms in total. The first-order chi connectivity index (χ1) is 13.1. The Labute approximate surface area is 167 Å². The lowest BCUT2D eigenvalue weighted by Gasteiger charge is -2.36. The maximum atomic E-state index is 12.5. The van der Waals surface area contributed by atoms with Gasteiger partial charge in [0, 0.05) is 5.69 Å². The fraction of sp³-hybridized carbons (Fsp3) is 0.682. The number of carbonyl (C=O) groups excluding carboxylic acids is 3. The predicted molar refractivity (Wildman–Crippen MR) is 106 cm³/mol. The van der Waals surface area contributed by atoms with Crippen LogP contribution in [0.15, 0.2) is 0 Å². The van der Waals surface area contributed by atoms with Crippen molar-refractivity contribution >= 4 is 17.7 Å². The highest BCUT2D eigenvalue weighted by atomic mass is 16.5. The molecule has 0 unspecified atom stereocenters. The number of Topliss-reactive ketones (excluding diaryl/α,β-unsaturated/α-hetero) is 1. The maximum Gasteiger partial charge on any atom is 0.340 e. The number of aryl methyl sites for hydroxylation is 1. The van der Waals surface area contributed by atoms with Gasteiger partial charge in [-0.05, 0) is 63.4 Å². The highest BCUT2D eigenvalue weighted by molar-refractivity contribution is 6.02. The quantitative estimate of drug-likeness (QED) is 0.574. The molecule has 1 aromatic heterocycles. The number of H-pyrrole nitrogens is 1. The molecule has 28 heavy (non-hydrogen) atoms. The minimum atomic E-state index is -0.458. The number of rotatable bonds is 6. The van der Waals surface area contributed by atoms with Gasteiger partial charge >= 0.3 is 11.9 Å². The van der Waals surface area contributed by atoms with Crippen LogP contribution in [-0.4, -0.2) is 35.9 Å². The third-order valence-corrected chi connectivity index (χ3v) is 5.83. The van der Waals surface area contributed by atoms with Gasteiger partial charge in [-0.15, -0.1) is 0 Å². The molecule has 156 valence electrons. The molecule has 1 aliphatic rings. The lowest BCUT2D eigenvalue weighted by molar-refractivity contribution is -0.149. The van der Waals surface area contributed by atoms with Crippen LogP contribution in [0.25, 0.3) is 0 Å². The van der Waals surface area contributed by atoms with E-state index in [-0.39, 0.29) is 36.3 Å². The molecule has 0 atom stereocenters. The summed E-state index contributed by atoms with van der Waals surface area (Å²) in [6.45, 7) is 11.8. The normalized spacial score (nSPS) is 19.9. The molecule has 0 amide bonds. The number of aromatic nitrogens is 1. The van der Waals surface area contributed by atoms with Crippen molar-refractivity contribution in [1.82, 2.24) is 4.98 Å². The van der Waals surface area contributed by atoms with E-state index in [0.717, 1.165) is 25.7 Å². The molecule has 0 saturated heterocycles. The largest absolute Gasteiger partial charge is 0.462 e. The smallest absolute Gasteiger partial charge is 0.340 e. The molecular formula is C22H33NO5. The van der Waals surface area contributed by atoms with E-state index in [1.54, 1.807) is 20.8 Å². The average Bonchev–Trinajstić information content (AvgIpc) is 2.93. The first kappa shape index (κ1) is 22.2. The van der Waals surface area contributed by atoms with Crippen molar-refractivity contribution in [2.75, 3.05) is 13.2 Å². The number of carbonyl (C=O) groups is 3. The Morgan fingerprint density at radius 1 is 1.04 bits per heavy atom. The SMILES string of the molecule is CCOC(=O)c1c(C)[nH]c(C(=O)COC(=O)C2CCC(C(C)(C)C)CC2)c1C. The zero-order valence-electron chi connectivity index (χ0n) is 17.9. The van der Waals surface area contributed by atoms with E-state index < -0.39 is 5.97 Å². The highest BCUT2D eigenvalue weighted by Crippen LogP contribution is 2.40. The topological polar surface area (TPSA) is 85.5 Å². The van der Waals surface area contributed by atoms with E-state index in [4.69, 9.17) is 9.47 Å². The summed E-state index contributed by atoms with van der Waals surface area (Å²) in [6, 6.07) is 0. The van der Waals surface area contributed by atoms with Gasteiger partial charge < -0.3 is 14.5 Å². The second-order valence-electron chi connectivity index (χ2n) is 8.79. The van der Waals surface area contributed by atoms with Crippen molar-refractivity contribution in [1.29, 1.82) is 0 Å². The third kappa shape index (κ3) is 5.03. The average molecular weight is 392 g/mol. The number of esters is 2. The fourth-order valence-electron chi connectivity index (χ4n) is 4.06. The van der Waals surface area contributed by atoms with Crippen molar-refractivity contribution < 1.29 is 23.9 Å². The van der Waals surface area contributed by atoms with E-state index in [1.807, 2.05) is 0 Å². The number of nitrogens with one attached hydrogen (secondary N) is 1. The molecule has 1 fully saturated rings. The molecular weight excluding hydrogens is 358 g/mol. The molecule has 0 bridgehead atoms. The Morgan fingerprint density at radius 2 is 1.64 bits per heavy atom. The van der Waals surface area contributed by atoms with Crippen LogP contribution in [0.4, 0.5) is 0 Å². The van der Waals surface area contributed by atoms with E-state index >= 15 is 0 Å². The van der Waals surface area contributed by atoms with Gasteiger partial charge in [-0.3, -0.25) is 9.59 Å². The Balaban J connectivity index is 1.93. The van der Waals surface area contributed by atoms with Gasteiger partial charge in [0.1, 0.15) is 0 Å². The first-order valence-electron chi connectivity index (χ1n) is 10.1. The molecule has 1 heterocycles. The minimum Gasteiger partial charge on any atom is -0.462 e. The Morgan fingerprint density at radius 3 is 2.18 bits per heavy atom. The molecule has 0 aromatic carbocycles. The highest BCUT2D eigenvalue weighted by Gasteiger charge is 2.33. The molecule has 0 radical (unpaired) electrons. The van der Waals surface area contributed by atoms with Crippen molar-refractivity contribution in [3.05, 3.63) is 22.5 Å². The molecule has 0 aliphatic heterocycles. The fourth-order valence-corrected chi connectivity index (χ4v) is 4.06. The molecule has 1 saturated carbocycles. The second kappa shape index (κ2) is 8.93. The Bertz CT molecular complexity index is 733. The summed E-state index contributed by atoms with van der Waals surface area (Å²) in [5.74, 6) is -0.613. The summed E-state index contributed by atoms with van der Waals surface area (Å²) in [4.78, 5) is 39.9. The first-order valence-corrected chi connectivity index (χ1v) is 10.1. The van der Waals surface area contributed by atoms with Crippen LogP contribution in [0, 0.1) is 31.1 Å². The molecule has 0 spiro atoms. The van der Waals surface area contributed by atoms with Crippen molar-refractivity contribution in [3.63, 3.8) is 0 Å². The molecule has 1 N–H and O–H groups in total. The van der Waals surface area contributed by atoms with E-state index in [9.17, 15) is 14.4 Å². The van der Waals surface area contributed by atoms with E-state index in [0.29, 0.717) is 28.4 Å². The zero-order valence-corrected chi connectivity index (χ0v) is 17.9. The van der Waals surface area contributed by atoms with Crippen LogP contribution < -0.4 is 0 Å². The van der Waals surface area contributed by atoms with Gasteiger partial charge in [-0.1, -0.05) is 20.8 Å².